The van der Waals surface area contributed by atoms with Gasteiger partial charge in [0.1, 0.15) is 0 Å². The topological polar surface area (TPSA) is 99.3 Å². The summed E-state index contributed by atoms with van der Waals surface area (Å²) in [6.07, 6.45) is 3.50. The fraction of sp³-hybridized carbons (Fsp3) is 0.0476. The minimum absolute atomic E-state index is 0.174. The van der Waals surface area contributed by atoms with Crippen molar-refractivity contribution >= 4 is 27.8 Å². The predicted molar refractivity (Wildman–Crippen MR) is 107 cm³/mol. The first kappa shape index (κ1) is 16.2. The summed E-state index contributed by atoms with van der Waals surface area (Å²) in [6, 6.07) is 17.4. The van der Waals surface area contributed by atoms with Gasteiger partial charge in [-0.25, -0.2) is 9.97 Å². The van der Waals surface area contributed by atoms with Gasteiger partial charge in [-0.15, -0.1) is 0 Å². The average molecular weight is 368 g/mol. The second-order valence-electron chi connectivity index (χ2n) is 6.46. The molecule has 0 spiro atoms. The number of nitrogens with one attached hydrogen (secondary N) is 3. The van der Waals surface area contributed by atoms with E-state index in [0.29, 0.717) is 17.6 Å². The Hall–Kier alpha value is -4.00. The molecule has 0 aliphatic heterocycles. The van der Waals surface area contributed by atoms with Gasteiger partial charge in [0.2, 0.25) is 5.82 Å². The number of carbonyl (C=O) groups is 1. The molecule has 1 amide bonds. The summed E-state index contributed by atoms with van der Waals surface area (Å²) in [7, 11) is 0. The van der Waals surface area contributed by atoms with Crippen LogP contribution in [0.15, 0.2) is 67.0 Å². The summed E-state index contributed by atoms with van der Waals surface area (Å²) in [4.78, 5) is 25.3. The molecule has 3 heterocycles. The highest BCUT2D eigenvalue weighted by molar-refractivity contribution is 6.02. The third kappa shape index (κ3) is 2.88. The third-order valence-electron chi connectivity index (χ3n) is 4.63. The molecule has 136 valence electrons. The van der Waals surface area contributed by atoms with E-state index >= 15 is 0 Å². The maximum atomic E-state index is 12.5. The molecule has 0 atom stereocenters. The lowest BCUT2D eigenvalue weighted by Gasteiger charge is -2.02. The maximum absolute atomic E-state index is 12.5. The lowest BCUT2D eigenvalue weighted by atomic mass is 10.1. The minimum atomic E-state index is -0.287. The zero-order valence-corrected chi connectivity index (χ0v) is 14.8. The number of rotatable bonds is 4. The number of hydrogen-bond donors (Lipinski definition) is 3. The predicted octanol–water partition coefficient (Wildman–Crippen LogP) is 3.43. The van der Waals surface area contributed by atoms with E-state index in [4.69, 9.17) is 0 Å². The van der Waals surface area contributed by atoms with Crippen LogP contribution in [-0.2, 0) is 6.54 Å². The molecule has 3 aromatic heterocycles. The number of imidazole rings is 1. The first-order chi connectivity index (χ1) is 13.8. The summed E-state index contributed by atoms with van der Waals surface area (Å²) in [5.74, 6) is -0.113. The number of aromatic amines is 2. The van der Waals surface area contributed by atoms with Gasteiger partial charge < -0.3 is 10.4 Å². The number of fused-ring (bicyclic) bond motifs is 2. The SMILES string of the molecule is O=C(NCc1ccccc1)c1nc2cc3[nH][nH]c(-c4ccncc4)c3cc2n1. The Morgan fingerprint density at radius 3 is 2.46 bits per heavy atom. The lowest BCUT2D eigenvalue weighted by molar-refractivity contribution is 0.0942. The van der Waals surface area contributed by atoms with Gasteiger partial charge in [-0.1, -0.05) is 30.3 Å². The standard InChI is InChI=1S/C21H16N6O/c28-21(23-12-13-4-2-1-3-5-13)20-24-17-10-15-16(11-18(17)25-20)26-27-19(15)14-6-8-22-9-7-14/h1-11,26-27H,12H2,(H,23,28). The number of nitrogens with zero attached hydrogens (tertiary/aromatic N) is 3. The number of aromatic nitrogens is 5. The second kappa shape index (κ2) is 6.62. The Morgan fingerprint density at radius 1 is 0.929 bits per heavy atom. The van der Waals surface area contributed by atoms with Gasteiger partial charge in [0.05, 0.1) is 22.2 Å². The number of pyridine rings is 1. The lowest BCUT2D eigenvalue weighted by Crippen LogP contribution is -2.23. The van der Waals surface area contributed by atoms with E-state index in [1.165, 1.54) is 0 Å². The molecule has 3 N–H and O–H groups in total. The van der Waals surface area contributed by atoms with Gasteiger partial charge >= 0.3 is 0 Å². The Labute approximate surface area is 159 Å². The zero-order chi connectivity index (χ0) is 18.9. The zero-order valence-electron chi connectivity index (χ0n) is 14.8. The first-order valence-corrected chi connectivity index (χ1v) is 8.88. The summed E-state index contributed by atoms with van der Waals surface area (Å²) in [5.41, 5.74) is 5.24. The highest BCUT2D eigenvalue weighted by Crippen LogP contribution is 2.28. The molecule has 5 aromatic rings. The van der Waals surface area contributed by atoms with Crippen LogP contribution in [0.25, 0.3) is 33.2 Å². The van der Waals surface area contributed by atoms with Crippen molar-refractivity contribution in [1.82, 2.24) is 30.5 Å². The number of carbonyl (C=O) groups excluding carboxylic acids is 1. The van der Waals surface area contributed by atoms with E-state index in [1.807, 2.05) is 54.6 Å². The van der Waals surface area contributed by atoms with Gasteiger partial charge in [0.25, 0.3) is 5.91 Å². The molecule has 0 saturated carbocycles. The summed E-state index contributed by atoms with van der Waals surface area (Å²) in [5, 5.41) is 10.2. The van der Waals surface area contributed by atoms with Crippen LogP contribution in [-0.4, -0.2) is 31.1 Å². The summed E-state index contributed by atoms with van der Waals surface area (Å²) in [6.45, 7) is 0.437. The van der Waals surface area contributed by atoms with Crippen molar-refractivity contribution in [3.05, 3.63) is 78.4 Å². The van der Waals surface area contributed by atoms with E-state index in [0.717, 1.165) is 27.7 Å². The Balaban J connectivity index is 1.46. The van der Waals surface area contributed by atoms with Crippen LogP contribution in [0.1, 0.15) is 16.2 Å². The van der Waals surface area contributed by atoms with Gasteiger partial charge in [-0.2, -0.15) is 0 Å². The molecule has 0 unspecified atom stereocenters. The highest BCUT2D eigenvalue weighted by atomic mass is 16.2. The summed E-state index contributed by atoms with van der Waals surface area (Å²) >= 11 is 0. The number of benzene rings is 2. The molecule has 0 saturated heterocycles. The van der Waals surface area contributed by atoms with E-state index in [9.17, 15) is 4.79 Å². The Kier molecular flexibility index (Phi) is 3.83. The molecule has 7 nitrogen and oxygen atoms in total. The molecule has 0 radical (unpaired) electrons. The van der Waals surface area contributed by atoms with E-state index < -0.39 is 0 Å². The van der Waals surface area contributed by atoms with Crippen LogP contribution >= 0.6 is 0 Å². The quantitative estimate of drug-likeness (QED) is 0.452. The fourth-order valence-corrected chi connectivity index (χ4v) is 3.22. The van der Waals surface area contributed by atoms with Crippen molar-refractivity contribution in [1.29, 1.82) is 0 Å². The number of amides is 1. The molecule has 0 aliphatic carbocycles. The normalized spacial score (nSPS) is 11.1. The molecule has 0 fully saturated rings. The second-order valence-corrected chi connectivity index (χ2v) is 6.46. The third-order valence-corrected chi connectivity index (χ3v) is 4.63. The van der Waals surface area contributed by atoms with Crippen LogP contribution in [0.3, 0.4) is 0 Å². The number of H-pyrrole nitrogens is 2. The molecule has 7 heteroatoms. The first-order valence-electron chi connectivity index (χ1n) is 8.88. The minimum Gasteiger partial charge on any atom is -0.345 e. The maximum Gasteiger partial charge on any atom is 0.289 e. The summed E-state index contributed by atoms with van der Waals surface area (Å²) < 4.78 is 0. The van der Waals surface area contributed by atoms with Crippen LogP contribution in [0.4, 0.5) is 0 Å². The molecule has 0 aliphatic rings. The van der Waals surface area contributed by atoms with Gasteiger partial charge in [-0.3, -0.25) is 14.9 Å². The van der Waals surface area contributed by atoms with Crippen LogP contribution in [0.5, 0.6) is 0 Å². The molecule has 5 rings (SSSR count). The van der Waals surface area contributed by atoms with Crippen LogP contribution < -0.4 is 5.32 Å². The van der Waals surface area contributed by atoms with Crippen molar-refractivity contribution in [3.8, 4) is 11.3 Å². The largest absolute Gasteiger partial charge is 0.345 e. The van der Waals surface area contributed by atoms with E-state index in [-0.39, 0.29) is 11.7 Å². The molecule has 2 aromatic carbocycles. The molecule has 28 heavy (non-hydrogen) atoms. The van der Waals surface area contributed by atoms with Crippen LogP contribution in [0, 0.1) is 0 Å². The Bertz CT molecular complexity index is 1270. The average Bonchev–Trinajstić information content (AvgIpc) is 3.35. The molecular weight excluding hydrogens is 352 g/mol. The van der Waals surface area contributed by atoms with Crippen molar-refractivity contribution in [2.24, 2.45) is 0 Å². The Morgan fingerprint density at radius 2 is 1.68 bits per heavy atom. The van der Waals surface area contributed by atoms with E-state index in [2.05, 4.69) is 30.5 Å². The van der Waals surface area contributed by atoms with Crippen molar-refractivity contribution in [2.45, 2.75) is 6.54 Å². The van der Waals surface area contributed by atoms with Crippen molar-refractivity contribution in [3.63, 3.8) is 0 Å². The van der Waals surface area contributed by atoms with Crippen LogP contribution in [0.2, 0.25) is 0 Å². The van der Waals surface area contributed by atoms with Gasteiger partial charge in [0.15, 0.2) is 0 Å². The fourth-order valence-electron chi connectivity index (χ4n) is 3.22. The van der Waals surface area contributed by atoms with Crippen molar-refractivity contribution < 1.29 is 4.79 Å². The molecule has 0 bridgehead atoms. The van der Waals surface area contributed by atoms with Gasteiger partial charge in [0, 0.05) is 29.9 Å². The van der Waals surface area contributed by atoms with Gasteiger partial charge in [-0.05, 0) is 29.8 Å². The number of hydrogen-bond acceptors (Lipinski definition) is 4. The smallest absolute Gasteiger partial charge is 0.289 e. The van der Waals surface area contributed by atoms with E-state index in [1.54, 1.807) is 12.4 Å². The highest BCUT2D eigenvalue weighted by Gasteiger charge is 2.15. The van der Waals surface area contributed by atoms with Crippen molar-refractivity contribution in [2.75, 3.05) is 0 Å². The molecular formula is C21H16N6O. The monoisotopic (exact) mass is 368 g/mol.